The first-order valence-electron chi connectivity index (χ1n) is 6.57. The van der Waals surface area contributed by atoms with Crippen LogP contribution in [0.2, 0.25) is 0 Å². The Morgan fingerprint density at radius 1 is 1.52 bits per heavy atom. The number of fused-ring (bicyclic) bond motifs is 1. The van der Waals surface area contributed by atoms with Crippen LogP contribution in [0, 0.1) is 5.92 Å². The summed E-state index contributed by atoms with van der Waals surface area (Å²) < 4.78 is 6.60. The number of hydrogen-bond donors (Lipinski definition) is 4. The van der Waals surface area contributed by atoms with E-state index < -0.39 is 5.79 Å². The Morgan fingerprint density at radius 2 is 2.24 bits per heavy atom. The molecule has 0 aromatic carbocycles. The van der Waals surface area contributed by atoms with E-state index in [1.807, 2.05) is 6.92 Å². The summed E-state index contributed by atoms with van der Waals surface area (Å²) in [6.45, 7) is 3.55. The topological polar surface area (TPSA) is 145 Å². The average molecular weight is 296 g/mol. The number of ether oxygens (including phenoxy) is 1. The Balaban J connectivity index is 0.000000155. The number of imidazole rings is 1. The van der Waals surface area contributed by atoms with Crippen LogP contribution in [0.15, 0.2) is 12.4 Å². The zero-order valence-electron chi connectivity index (χ0n) is 12.0. The van der Waals surface area contributed by atoms with Crippen LogP contribution in [-0.4, -0.2) is 48.3 Å². The molecule has 116 valence electrons. The molecule has 1 aliphatic rings. The van der Waals surface area contributed by atoms with Gasteiger partial charge in [0.15, 0.2) is 17.3 Å². The standard InChI is InChI=1S/C7H14O3.C5H6N6/c1-5-3-6(4-8)10-7(5,2)9;6-3-4-8-1-2-11(4)10-5(7)9-3/h5-6,8-9H,3-4H2,1-2H3;1-2H,(H4,6,7,9,10). The van der Waals surface area contributed by atoms with Gasteiger partial charge in [0.2, 0.25) is 5.95 Å². The minimum atomic E-state index is -1.03. The van der Waals surface area contributed by atoms with Crippen LogP contribution in [0.3, 0.4) is 0 Å². The maximum Gasteiger partial charge on any atom is 0.240 e. The highest BCUT2D eigenvalue weighted by molar-refractivity contribution is 5.59. The maximum atomic E-state index is 9.43. The molecule has 1 aliphatic heterocycles. The first-order chi connectivity index (χ1) is 9.83. The molecule has 0 radical (unpaired) electrons. The minimum absolute atomic E-state index is 0.000486. The molecule has 3 heterocycles. The van der Waals surface area contributed by atoms with Crippen LogP contribution < -0.4 is 11.5 Å². The molecule has 1 fully saturated rings. The summed E-state index contributed by atoms with van der Waals surface area (Å²) in [6.07, 6.45) is 3.80. The highest BCUT2D eigenvalue weighted by Crippen LogP contribution is 2.32. The molecule has 0 spiro atoms. The number of anilines is 2. The normalized spacial score (nSPS) is 28.4. The fourth-order valence-electron chi connectivity index (χ4n) is 2.09. The van der Waals surface area contributed by atoms with Gasteiger partial charge in [-0.15, -0.1) is 5.10 Å². The van der Waals surface area contributed by atoms with E-state index in [2.05, 4.69) is 15.1 Å². The van der Waals surface area contributed by atoms with Crippen LogP contribution in [0.5, 0.6) is 0 Å². The van der Waals surface area contributed by atoms with Crippen LogP contribution in [0.4, 0.5) is 11.8 Å². The van der Waals surface area contributed by atoms with E-state index in [-0.39, 0.29) is 24.6 Å². The van der Waals surface area contributed by atoms with E-state index in [0.717, 1.165) is 6.42 Å². The quantitative estimate of drug-likeness (QED) is 0.546. The second-order valence-corrected chi connectivity index (χ2v) is 5.16. The summed E-state index contributed by atoms with van der Waals surface area (Å²) >= 11 is 0. The van der Waals surface area contributed by atoms with Crippen molar-refractivity contribution in [2.75, 3.05) is 18.1 Å². The molecule has 3 rings (SSSR count). The lowest BCUT2D eigenvalue weighted by Crippen LogP contribution is -2.30. The Hall–Kier alpha value is -1.97. The second kappa shape index (κ2) is 5.80. The molecule has 3 atom stereocenters. The predicted octanol–water partition coefficient (Wildman–Crippen LogP) is -0.599. The monoisotopic (exact) mass is 296 g/mol. The lowest BCUT2D eigenvalue weighted by Gasteiger charge is -2.20. The van der Waals surface area contributed by atoms with Crippen LogP contribution in [-0.2, 0) is 4.74 Å². The van der Waals surface area contributed by atoms with Gasteiger partial charge in [0.05, 0.1) is 12.7 Å². The third-order valence-electron chi connectivity index (χ3n) is 3.44. The first kappa shape index (κ1) is 15.4. The Bertz CT molecular complexity index is 614. The summed E-state index contributed by atoms with van der Waals surface area (Å²) in [5, 5.41) is 21.9. The molecule has 21 heavy (non-hydrogen) atoms. The van der Waals surface area contributed by atoms with Gasteiger partial charge in [0.25, 0.3) is 0 Å². The van der Waals surface area contributed by atoms with E-state index >= 15 is 0 Å². The number of aliphatic hydroxyl groups is 2. The highest BCUT2D eigenvalue weighted by Gasteiger charge is 2.40. The zero-order chi connectivity index (χ0) is 15.6. The number of aromatic nitrogens is 4. The Kier molecular flexibility index (Phi) is 4.26. The molecular formula is C12H20N6O3. The largest absolute Gasteiger partial charge is 0.394 e. The van der Waals surface area contributed by atoms with E-state index in [1.165, 1.54) is 4.52 Å². The van der Waals surface area contributed by atoms with Crippen molar-refractivity contribution < 1.29 is 14.9 Å². The molecule has 1 saturated heterocycles. The smallest absolute Gasteiger partial charge is 0.240 e. The van der Waals surface area contributed by atoms with Gasteiger partial charge in [-0.1, -0.05) is 6.92 Å². The summed E-state index contributed by atoms with van der Waals surface area (Å²) in [6, 6.07) is 0. The fraction of sp³-hybridized carbons (Fsp3) is 0.583. The van der Waals surface area contributed by atoms with Crippen molar-refractivity contribution in [1.29, 1.82) is 0 Å². The molecule has 0 aliphatic carbocycles. The molecule has 0 bridgehead atoms. The van der Waals surface area contributed by atoms with Crippen LogP contribution in [0.1, 0.15) is 20.3 Å². The van der Waals surface area contributed by atoms with E-state index in [9.17, 15) is 5.11 Å². The van der Waals surface area contributed by atoms with Crippen molar-refractivity contribution in [3.05, 3.63) is 12.4 Å². The highest BCUT2D eigenvalue weighted by atomic mass is 16.6. The zero-order valence-corrected chi connectivity index (χ0v) is 12.0. The maximum absolute atomic E-state index is 9.43. The van der Waals surface area contributed by atoms with Gasteiger partial charge in [-0.25, -0.2) is 9.50 Å². The second-order valence-electron chi connectivity index (χ2n) is 5.16. The molecule has 2 aromatic rings. The van der Waals surface area contributed by atoms with Gasteiger partial charge in [-0.3, -0.25) is 0 Å². The third kappa shape index (κ3) is 3.38. The molecule has 9 nitrogen and oxygen atoms in total. The molecule has 0 amide bonds. The summed E-state index contributed by atoms with van der Waals surface area (Å²) in [5.74, 6) is -0.479. The van der Waals surface area contributed by atoms with Gasteiger partial charge in [-0.05, 0) is 13.3 Å². The van der Waals surface area contributed by atoms with E-state index in [1.54, 1.807) is 19.3 Å². The van der Waals surface area contributed by atoms with Crippen molar-refractivity contribution in [2.45, 2.75) is 32.2 Å². The lowest BCUT2D eigenvalue weighted by atomic mass is 10.0. The van der Waals surface area contributed by atoms with Crippen molar-refractivity contribution in [1.82, 2.24) is 19.6 Å². The lowest BCUT2D eigenvalue weighted by molar-refractivity contribution is -0.200. The van der Waals surface area contributed by atoms with E-state index in [0.29, 0.717) is 11.5 Å². The summed E-state index contributed by atoms with van der Waals surface area (Å²) in [4.78, 5) is 7.65. The average Bonchev–Trinajstić information content (AvgIpc) is 2.95. The van der Waals surface area contributed by atoms with Gasteiger partial charge >= 0.3 is 0 Å². The van der Waals surface area contributed by atoms with Gasteiger partial charge < -0.3 is 26.4 Å². The number of nitrogens with two attached hydrogens (primary N) is 2. The van der Waals surface area contributed by atoms with Gasteiger partial charge in [0.1, 0.15) is 0 Å². The molecule has 6 N–H and O–H groups in total. The van der Waals surface area contributed by atoms with E-state index in [4.69, 9.17) is 21.3 Å². The van der Waals surface area contributed by atoms with Gasteiger partial charge in [0, 0.05) is 18.3 Å². The first-order valence-corrected chi connectivity index (χ1v) is 6.57. The molecule has 3 unspecified atom stereocenters. The fourth-order valence-corrected chi connectivity index (χ4v) is 2.09. The number of nitrogens with zero attached hydrogens (tertiary/aromatic N) is 4. The number of hydrogen-bond acceptors (Lipinski definition) is 8. The summed E-state index contributed by atoms with van der Waals surface area (Å²) in [5.41, 5.74) is 11.3. The molecule has 2 aromatic heterocycles. The third-order valence-corrected chi connectivity index (χ3v) is 3.44. The SMILES string of the molecule is CC1CC(CO)OC1(C)O.Nc1nc(N)c2nccn2n1. The number of nitrogen functional groups attached to an aromatic ring is 2. The Labute approximate surface area is 121 Å². The molecule has 9 heteroatoms. The van der Waals surface area contributed by atoms with Crippen molar-refractivity contribution in [3.63, 3.8) is 0 Å². The molecular weight excluding hydrogens is 276 g/mol. The van der Waals surface area contributed by atoms with Gasteiger partial charge in [-0.2, -0.15) is 4.98 Å². The number of aliphatic hydroxyl groups excluding tert-OH is 1. The predicted molar refractivity (Wildman–Crippen MR) is 76.0 cm³/mol. The Morgan fingerprint density at radius 3 is 2.76 bits per heavy atom. The van der Waals surface area contributed by atoms with Crippen LogP contribution >= 0.6 is 0 Å². The van der Waals surface area contributed by atoms with Crippen molar-refractivity contribution in [2.24, 2.45) is 5.92 Å². The van der Waals surface area contributed by atoms with Crippen molar-refractivity contribution >= 4 is 17.4 Å². The number of rotatable bonds is 1. The van der Waals surface area contributed by atoms with Crippen LogP contribution in [0.25, 0.3) is 5.65 Å². The molecule has 0 saturated carbocycles. The summed E-state index contributed by atoms with van der Waals surface area (Å²) in [7, 11) is 0. The minimum Gasteiger partial charge on any atom is -0.394 e. The van der Waals surface area contributed by atoms with Crippen molar-refractivity contribution in [3.8, 4) is 0 Å².